The average molecular weight is 382 g/mol. The standard InChI is InChI=1S/C21H26N4O3/c1-3-12-24-17-7-5-6-8-18(17)25(21(24)27)13-10-19(26)23-15-16-9-11-22-20(14-16)28-4-2/h5-9,11,14H,3-4,10,12-13,15H2,1-2H3,(H,23,26). The lowest BCUT2D eigenvalue weighted by Gasteiger charge is -2.08. The van der Waals surface area contributed by atoms with Crippen LogP contribution in [0.1, 0.15) is 32.3 Å². The molecule has 0 aliphatic rings. The number of para-hydroxylation sites is 2. The molecule has 2 heterocycles. The Balaban J connectivity index is 1.64. The molecule has 0 saturated carbocycles. The molecule has 2 aromatic heterocycles. The van der Waals surface area contributed by atoms with Crippen molar-refractivity contribution in [1.29, 1.82) is 0 Å². The number of ether oxygens (including phenoxy) is 1. The topological polar surface area (TPSA) is 78.2 Å². The monoisotopic (exact) mass is 382 g/mol. The maximum Gasteiger partial charge on any atom is 0.329 e. The van der Waals surface area contributed by atoms with Gasteiger partial charge < -0.3 is 10.1 Å². The Morgan fingerprint density at radius 3 is 2.50 bits per heavy atom. The highest BCUT2D eigenvalue weighted by Gasteiger charge is 2.13. The highest BCUT2D eigenvalue weighted by Crippen LogP contribution is 2.14. The highest BCUT2D eigenvalue weighted by atomic mass is 16.5. The fourth-order valence-corrected chi connectivity index (χ4v) is 3.22. The van der Waals surface area contributed by atoms with Crippen LogP contribution in [-0.4, -0.2) is 26.6 Å². The van der Waals surface area contributed by atoms with Crippen LogP contribution in [0.15, 0.2) is 47.4 Å². The Hall–Kier alpha value is -3.09. The Bertz CT molecular complexity index is 1010. The zero-order valence-corrected chi connectivity index (χ0v) is 16.4. The van der Waals surface area contributed by atoms with E-state index in [9.17, 15) is 9.59 Å². The van der Waals surface area contributed by atoms with Crippen LogP contribution in [0.2, 0.25) is 0 Å². The Morgan fingerprint density at radius 2 is 1.82 bits per heavy atom. The van der Waals surface area contributed by atoms with Crippen LogP contribution >= 0.6 is 0 Å². The molecular formula is C21H26N4O3. The van der Waals surface area contributed by atoms with E-state index in [0.717, 1.165) is 23.0 Å². The number of imidazole rings is 1. The molecule has 0 radical (unpaired) electrons. The van der Waals surface area contributed by atoms with Crippen molar-refractivity contribution < 1.29 is 9.53 Å². The van der Waals surface area contributed by atoms with Gasteiger partial charge in [-0.1, -0.05) is 19.1 Å². The fourth-order valence-electron chi connectivity index (χ4n) is 3.22. The third-order valence-electron chi connectivity index (χ3n) is 4.52. The molecule has 1 N–H and O–H groups in total. The van der Waals surface area contributed by atoms with Gasteiger partial charge in [0.1, 0.15) is 0 Å². The number of aryl methyl sites for hydroxylation is 2. The molecule has 0 fully saturated rings. The van der Waals surface area contributed by atoms with E-state index in [1.807, 2.05) is 50.2 Å². The quantitative estimate of drug-likeness (QED) is 0.617. The molecule has 0 atom stereocenters. The van der Waals surface area contributed by atoms with Crippen LogP contribution in [-0.2, 0) is 24.4 Å². The number of nitrogens with zero attached hydrogens (tertiary/aromatic N) is 3. The lowest BCUT2D eigenvalue weighted by molar-refractivity contribution is -0.121. The van der Waals surface area contributed by atoms with E-state index in [4.69, 9.17) is 4.74 Å². The van der Waals surface area contributed by atoms with Crippen LogP contribution in [0.25, 0.3) is 11.0 Å². The number of amides is 1. The average Bonchev–Trinajstić information content (AvgIpc) is 2.97. The smallest absolute Gasteiger partial charge is 0.329 e. The summed E-state index contributed by atoms with van der Waals surface area (Å²) in [5, 5.41) is 2.89. The van der Waals surface area contributed by atoms with Crippen molar-refractivity contribution in [3.63, 3.8) is 0 Å². The van der Waals surface area contributed by atoms with Gasteiger partial charge in [-0.2, -0.15) is 0 Å². The van der Waals surface area contributed by atoms with Gasteiger partial charge in [0, 0.05) is 38.3 Å². The summed E-state index contributed by atoms with van der Waals surface area (Å²) in [6.45, 7) is 5.90. The van der Waals surface area contributed by atoms with Crippen molar-refractivity contribution in [2.24, 2.45) is 0 Å². The normalized spacial score (nSPS) is 10.9. The van der Waals surface area contributed by atoms with Gasteiger partial charge in [0.05, 0.1) is 17.6 Å². The molecule has 0 bridgehead atoms. The van der Waals surface area contributed by atoms with Crippen LogP contribution in [0.3, 0.4) is 0 Å². The molecule has 1 amide bonds. The number of pyridine rings is 1. The van der Waals surface area contributed by atoms with E-state index in [1.54, 1.807) is 15.3 Å². The maximum absolute atomic E-state index is 12.7. The fraction of sp³-hybridized carbons (Fsp3) is 0.381. The van der Waals surface area contributed by atoms with Gasteiger partial charge >= 0.3 is 5.69 Å². The summed E-state index contributed by atoms with van der Waals surface area (Å²) in [5.74, 6) is 0.443. The third-order valence-corrected chi connectivity index (χ3v) is 4.52. The van der Waals surface area contributed by atoms with Gasteiger partial charge in [-0.25, -0.2) is 9.78 Å². The molecule has 28 heavy (non-hydrogen) atoms. The molecule has 7 heteroatoms. The van der Waals surface area contributed by atoms with E-state index >= 15 is 0 Å². The predicted octanol–water partition coefficient (Wildman–Crippen LogP) is 2.71. The lowest BCUT2D eigenvalue weighted by Crippen LogP contribution is -2.28. The first-order valence-electron chi connectivity index (χ1n) is 9.66. The van der Waals surface area contributed by atoms with Crippen molar-refractivity contribution in [2.75, 3.05) is 6.61 Å². The summed E-state index contributed by atoms with van der Waals surface area (Å²) in [4.78, 5) is 29.2. The highest BCUT2D eigenvalue weighted by molar-refractivity contribution is 5.78. The molecular weight excluding hydrogens is 356 g/mol. The van der Waals surface area contributed by atoms with E-state index in [0.29, 0.717) is 32.1 Å². The molecule has 7 nitrogen and oxygen atoms in total. The van der Waals surface area contributed by atoms with Gasteiger partial charge in [-0.3, -0.25) is 13.9 Å². The molecule has 0 unspecified atom stereocenters. The van der Waals surface area contributed by atoms with Gasteiger partial charge in [0.15, 0.2) is 0 Å². The summed E-state index contributed by atoms with van der Waals surface area (Å²) in [7, 11) is 0. The number of benzene rings is 1. The summed E-state index contributed by atoms with van der Waals surface area (Å²) in [6, 6.07) is 11.4. The minimum Gasteiger partial charge on any atom is -0.478 e. The van der Waals surface area contributed by atoms with E-state index in [2.05, 4.69) is 10.3 Å². The number of carbonyl (C=O) groups is 1. The van der Waals surface area contributed by atoms with Crippen molar-refractivity contribution >= 4 is 16.9 Å². The van der Waals surface area contributed by atoms with Crippen LogP contribution in [0, 0.1) is 0 Å². The van der Waals surface area contributed by atoms with Crippen molar-refractivity contribution in [3.05, 3.63) is 58.6 Å². The van der Waals surface area contributed by atoms with Gasteiger partial charge in [0.2, 0.25) is 11.8 Å². The Kier molecular flexibility index (Phi) is 6.47. The number of hydrogen-bond acceptors (Lipinski definition) is 4. The van der Waals surface area contributed by atoms with E-state index in [-0.39, 0.29) is 18.0 Å². The van der Waals surface area contributed by atoms with Gasteiger partial charge in [-0.15, -0.1) is 0 Å². The summed E-state index contributed by atoms with van der Waals surface area (Å²) in [6.07, 6.45) is 2.78. The SMILES string of the molecule is CCCn1c(=O)n(CCC(=O)NCc2ccnc(OCC)c2)c2ccccc21. The largest absolute Gasteiger partial charge is 0.478 e. The van der Waals surface area contributed by atoms with E-state index < -0.39 is 0 Å². The lowest BCUT2D eigenvalue weighted by atomic mass is 10.2. The number of fused-ring (bicyclic) bond motifs is 1. The van der Waals surface area contributed by atoms with Crippen LogP contribution in [0.4, 0.5) is 0 Å². The molecule has 148 valence electrons. The molecule has 3 aromatic rings. The number of hydrogen-bond donors (Lipinski definition) is 1. The Morgan fingerprint density at radius 1 is 1.11 bits per heavy atom. The number of rotatable bonds is 9. The molecule has 3 rings (SSSR count). The van der Waals surface area contributed by atoms with Crippen molar-refractivity contribution in [1.82, 2.24) is 19.4 Å². The van der Waals surface area contributed by atoms with Crippen molar-refractivity contribution in [2.45, 2.75) is 46.3 Å². The zero-order valence-electron chi connectivity index (χ0n) is 16.4. The van der Waals surface area contributed by atoms with Crippen LogP contribution in [0.5, 0.6) is 5.88 Å². The van der Waals surface area contributed by atoms with Gasteiger partial charge in [0.25, 0.3) is 0 Å². The molecule has 0 aliphatic carbocycles. The first kappa shape index (κ1) is 19.7. The number of aromatic nitrogens is 3. The minimum absolute atomic E-state index is 0.0636. The first-order valence-corrected chi connectivity index (χ1v) is 9.66. The second-order valence-corrected chi connectivity index (χ2v) is 6.54. The number of carbonyl (C=O) groups excluding carboxylic acids is 1. The molecule has 0 aliphatic heterocycles. The summed E-state index contributed by atoms with van der Waals surface area (Å²) in [5.41, 5.74) is 2.63. The predicted molar refractivity (Wildman–Crippen MR) is 108 cm³/mol. The van der Waals surface area contributed by atoms with E-state index in [1.165, 1.54) is 0 Å². The maximum atomic E-state index is 12.7. The third kappa shape index (κ3) is 4.42. The Labute approximate surface area is 164 Å². The first-order chi connectivity index (χ1) is 13.6. The number of nitrogens with one attached hydrogen (secondary N) is 1. The molecule has 1 aromatic carbocycles. The minimum atomic E-state index is -0.103. The van der Waals surface area contributed by atoms with Crippen molar-refractivity contribution in [3.8, 4) is 5.88 Å². The zero-order chi connectivity index (χ0) is 19.9. The summed E-state index contributed by atoms with van der Waals surface area (Å²) >= 11 is 0. The molecule has 0 spiro atoms. The van der Waals surface area contributed by atoms with Gasteiger partial charge in [-0.05, 0) is 37.1 Å². The second kappa shape index (κ2) is 9.21. The molecule has 0 saturated heterocycles. The summed E-state index contributed by atoms with van der Waals surface area (Å²) < 4.78 is 8.83. The van der Waals surface area contributed by atoms with Crippen LogP contribution < -0.4 is 15.7 Å². The second-order valence-electron chi connectivity index (χ2n) is 6.54.